The molecular formula is C31H23N3. The number of fused-ring (bicyclic) bond motifs is 3. The maximum absolute atomic E-state index is 5.06. The van der Waals surface area contributed by atoms with Crippen molar-refractivity contribution in [2.24, 2.45) is 0 Å². The molecule has 4 aromatic carbocycles. The van der Waals surface area contributed by atoms with Crippen LogP contribution in [0.4, 0.5) is 0 Å². The van der Waals surface area contributed by atoms with E-state index in [1.165, 1.54) is 44.2 Å². The van der Waals surface area contributed by atoms with E-state index in [1.807, 2.05) is 12.3 Å². The van der Waals surface area contributed by atoms with Crippen molar-refractivity contribution < 1.29 is 0 Å². The molecule has 0 amide bonds. The number of pyridine rings is 1. The van der Waals surface area contributed by atoms with Crippen molar-refractivity contribution in [3.8, 4) is 28.2 Å². The van der Waals surface area contributed by atoms with E-state index in [0.717, 1.165) is 16.9 Å². The third kappa shape index (κ3) is 2.58. The summed E-state index contributed by atoms with van der Waals surface area (Å²) in [7, 11) is 0. The van der Waals surface area contributed by atoms with Gasteiger partial charge in [0.15, 0.2) is 0 Å². The van der Waals surface area contributed by atoms with Crippen molar-refractivity contribution in [3.63, 3.8) is 0 Å². The zero-order valence-corrected chi connectivity index (χ0v) is 19.2. The Labute approximate surface area is 198 Å². The van der Waals surface area contributed by atoms with Gasteiger partial charge in [-0.15, -0.1) is 0 Å². The van der Waals surface area contributed by atoms with E-state index in [2.05, 4.69) is 108 Å². The molecule has 0 radical (unpaired) electrons. The van der Waals surface area contributed by atoms with Gasteiger partial charge in [0.2, 0.25) is 0 Å². The summed E-state index contributed by atoms with van der Waals surface area (Å²) in [4.78, 5) is 9.42. The first kappa shape index (κ1) is 19.2. The lowest BCUT2D eigenvalue weighted by Crippen LogP contribution is -2.26. The van der Waals surface area contributed by atoms with E-state index >= 15 is 0 Å². The summed E-state index contributed by atoms with van der Waals surface area (Å²) >= 11 is 0. The number of rotatable bonds is 2. The maximum Gasteiger partial charge on any atom is 0.147 e. The summed E-state index contributed by atoms with van der Waals surface area (Å²) in [5, 5.41) is 2.54. The predicted octanol–water partition coefficient (Wildman–Crippen LogP) is 7.55. The quantitative estimate of drug-likeness (QED) is 0.280. The van der Waals surface area contributed by atoms with Gasteiger partial charge < -0.3 is 0 Å². The van der Waals surface area contributed by atoms with Crippen molar-refractivity contribution >= 4 is 21.8 Å². The van der Waals surface area contributed by atoms with Crippen LogP contribution in [0.3, 0.4) is 0 Å². The van der Waals surface area contributed by atoms with Crippen LogP contribution in [0, 0.1) is 0 Å². The molecule has 3 nitrogen and oxygen atoms in total. The second-order valence-electron chi connectivity index (χ2n) is 9.57. The van der Waals surface area contributed by atoms with Crippen LogP contribution in [0.25, 0.3) is 50.0 Å². The van der Waals surface area contributed by atoms with Gasteiger partial charge in [-0.05, 0) is 63.4 Å². The molecule has 1 aliphatic heterocycles. The van der Waals surface area contributed by atoms with Gasteiger partial charge in [0, 0.05) is 23.4 Å². The summed E-state index contributed by atoms with van der Waals surface area (Å²) in [5.74, 6) is 0.935. The Morgan fingerprint density at radius 3 is 2.47 bits per heavy atom. The summed E-state index contributed by atoms with van der Waals surface area (Å²) < 4.78 is 2.33. The second-order valence-corrected chi connectivity index (χ2v) is 9.57. The fourth-order valence-corrected chi connectivity index (χ4v) is 5.58. The average molecular weight is 438 g/mol. The molecule has 0 spiro atoms. The van der Waals surface area contributed by atoms with Gasteiger partial charge in [-0.1, -0.05) is 74.5 Å². The number of para-hydroxylation sites is 1. The minimum atomic E-state index is -0.155. The smallest absolute Gasteiger partial charge is 0.147 e. The second kappa shape index (κ2) is 6.88. The van der Waals surface area contributed by atoms with E-state index < -0.39 is 0 Å². The first-order valence-corrected chi connectivity index (χ1v) is 11.7. The zero-order chi connectivity index (χ0) is 22.9. The van der Waals surface area contributed by atoms with Crippen LogP contribution < -0.4 is 0 Å². The van der Waals surface area contributed by atoms with Gasteiger partial charge in [-0.25, -0.2) is 4.98 Å². The number of aromatic nitrogens is 3. The Morgan fingerprint density at radius 2 is 1.59 bits per heavy atom. The van der Waals surface area contributed by atoms with Crippen molar-refractivity contribution in [1.82, 2.24) is 14.5 Å². The van der Waals surface area contributed by atoms with Crippen molar-refractivity contribution in [2.75, 3.05) is 0 Å². The van der Waals surface area contributed by atoms with Crippen LogP contribution in [-0.4, -0.2) is 14.5 Å². The van der Waals surface area contributed by atoms with Crippen LogP contribution >= 0.6 is 0 Å². The molecule has 6 aromatic rings. The molecule has 34 heavy (non-hydrogen) atoms. The minimum Gasteiger partial charge on any atom is -0.292 e. The Bertz CT molecular complexity index is 1720. The topological polar surface area (TPSA) is 30.7 Å². The monoisotopic (exact) mass is 437 g/mol. The van der Waals surface area contributed by atoms with Gasteiger partial charge in [-0.2, -0.15) is 0 Å². The summed E-state index contributed by atoms with van der Waals surface area (Å²) in [6, 6.07) is 32.6. The highest BCUT2D eigenvalue weighted by Crippen LogP contribution is 2.47. The molecule has 0 fully saturated rings. The lowest BCUT2D eigenvalue weighted by molar-refractivity contribution is 0.629. The maximum atomic E-state index is 5.06. The third-order valence-electron chi connectivity index (χ3n) is 7.28. The Morgan fingerprint density at radius 1 is 0.735 bits per heavy atom. The molecule has 0 saturated heterocycles. The molecule has 0 aliphatic carbocycles. The number of hydrogen-bond acceptors (Lipinski definition) is 2. The fraction of sp³-hybridized carbons (Fsp3) is 0.0968. The molecule has 0 unspecified atom stereocenters. The fourth-order valence-electron chi connectivity index (χ4n) is 5.58. The summed E-state index contributed by atoms with van der Waals surface area (Å²) in [6.07, 6.45) is 3.70. The van der Waals surface area contributed by atoms with Gasteiger partial charge in [0.05, 0.1) is 16.7 Å². The summed E-state index contributed by atoms with van der Waals surface area (Å²) in [6.45, 7) is 4.65. The van der Waals surface area contributed by atoms with Crippen LogP contribution in [0.15, 0.2) is 103 Å². The van der Waals surface area contributed by atoms with Crippen molar-refractivity contribution in [1.29, 1.82) is 0 Å². The minimum absolute atomic E-state index is 0.155. The number of nitrogens with zero attached hydrogens (tertiary/aromatic N) is 3. The number of hydrogen-bond donors (Lipinski definition) is 0. The summed E-state index contributed by atoms with van der Waals surface area (Å²) in [5.41, 5.74) is 9.38. The first-order chi connectivity index (χ1) is 16.6. The molecule has 7 rings (SSSR count). The van der Waals surface area contributed by atoms with Gasteiger partial charge in [-0.3, -0.25) is 9.55 Å². The highest BCUT2D eigenvalue weighted by atomic mass is 15.1. The van der Waals surface area contributed by atoms with Gasteiger partial charge in [0.1, 0.15) is 5.82 Å². The molecule has 0 atom stereocenters. The van der Waals surface area contributed by atoms with Crippen LogP contribution in [0.1, 0.15) is 25.0 Å². The van der Waals surface area contributed by atoms with E-state index in [9.17, 15) is 0 Å². The van der Waals surface area contributed by atoms with Crippen molar-refractivity contribution in [3.05, 3.63) is 115 Å². The first-order valence-electron chi connectivity index (χ1n) is 11.7. The highest BCUT2D eigenvalue weighted by Gasteiger charge is 2.36. The zero-order valence-electron chi connectivity index (χ0n) is 19.2. The molecule has 3 heteroatoms. The van der Waals surface area contributed by atoms with E-state index in [1.54, 1.807) is 6.20 Å². The molecule has 0 bridgehead atoms. The molecule has 2 aromatic heterocycles. The highest BCUT2D eigenvalue weighted by molar-refractivity contribution is 5.97. The standard InChI is InChI=1S/C31H23N3/c1-31(2)25-13-6-14-27-29(25)34(30(33-27)22-10-7-17-32-19-22)28-16-15-21(18-26(28)31)24-12-5-9-20-8-3-4-11-23(20)24/h3-19H,1-2H3. The van der Waals surface area contributed by atoms with E-state index in [0.29, 0.717) is 0 Å². The van der Waals surface area contributed by atoms with Crippen molar-refractivity contribution in [2.45, 2.75) is 19.3 Å². The molecule has 0 saturated carbocycles. The predicted molar refractivity (Wildman–Crippen MR) is 139 cm³/mol. The number of imidazole rings is 1. The van der Waals surface area contributed by atoms with Crippen LogP contribution in [0.2, 0.25) is 0 Å². The van der Waals surface area contributed by atoms with Gasteiger partial charge >= 0.3 is 0 Å². The Kier molecular flexibility index (Phi) is 3.89. The van der Waals surface area contributed by atoms with E-state index in [-0.39, 0.29) is 5.41 Å². The molecule has 1 aliphatic rings. The average Bonchev–Trinajstić information content (AvgIpc) is 3.28. The number of benzene rings is 4. The Hall–Kier alpha value is -4.24. The molecule has 0 N–H and O–H groups in total. The van der Waals surface area contributed by atoms with E-state index in [4.69, 9.17) is 4.98 Å². The molecule has 3 heterocycles. The largest absolute Gasteiger partial charge is 0.292 e. The van der Waals surface area contributed by atoms with Crippen LogP contribution in [0.5, 0.6) is 0 Å². The molecular weight excluding hydrogens is 414 g/mol. The Balaban J connectivity index is 1.54. The SMILES string of the molecule is CC1(C)c2cc(-c3cccc4ccccc34)ccc2-n2c(-c3cccnc3)nc3cccc1c32. The normalized spacial score (nSPS) is 13.8. The van der Waals surface area contributed by atoms with Gasteiger partial charge in [0.25, 0.3) is 0 Å². The van der Waals surface area contributed by atoms with Crippen LogP contribution in [-0.2, 0) is 5.41 Å². The lowest BCUT2D eigenvalue weighted by atomic mass is 9.74. The molecule has 162 valence electrons. The lowest BCUT2D eigenvalue weighted by Gasteiger charge is -2.35. The third-order valence-corrected chi connectivity index (χ3v) is 7.28.